The molecule has 0 spiro atoms. The van der Waals surface area contributed by atoms with Crippen LogP contribution in [0.2, 0.25) is 35.3 Å². The molecule has 19 heavy (non-hydrogen) atoms. The van der Waals surface area contributed by atoms with Crippen LogP contribution >= 0.6 is 81.2 Å². The summed E-state index contributed by atoms with van der Waals surface area (Å²) in [6.07, 6.45) is 1.46. The molecule has 1 nitrogen and oxygen atoms in total. The van der Waals surface area contributed by atoms with Crippen molar-refractivity contribution < 1.29 is 0 Å². The van der Waals surface area contributed by atoms with Gasteiger partial charge >= 0.3 is 0 Å². The Kier molecular flexibility index (Phi) is 5.01. The van der Waals surface area contributed by atoms with E-state index >= 15 is 0 Å². The lowest BCUT2D eigenvalue weighted by Crippen LogP contribution is -1.88. The first-order chi connectivity index (χ1) is 8.84. The van der Waals surface area contributed by atoms with Gasteiger partial charge in [-0.2, -0.15) is 0 Å². The van der Waals surface area contributed by atoms with E-state index in [0.29, 0.717) is 11.1 Å². The molecule has 0 amide bonds. The van der Waals surface area contributed by atoms with Gasteiger partial charge in [0.2, 0.25) is 0 Å². The van der Waals surface area contributed by atoms with Crippen molar-refractivity contribution in [2.45, 2.75) is 0 Å². The van der Waals surface area contributed by atoms with E-state index in [1.807, 2.05) is 0 Å². The molecule has 0 saturated carbocycles. The van der Waals surface area contributed by atoms with Gasteiger partial charge in [-0.15, -0.1) is 0 Å². The van der Waals surface area contributed by atoms with Gasteiger partial charge in [-0.1, -0.05) is 81.2 Å². The second-order valence-electron chi connectivity index (χ2n) is 3.44. The number of pyridine rings is 1. The van der Waals surface area contributed by atoms with Gasteiger partial charge in [0, 0.05) is 17.3 Å². The quantitative estimate of drug-likeness (QED) is 0.280. The molecule has 0 fully saturated rings. The Morgan fingerprint density at radius 1 is 0.684 bits per heavy atom. The van der Waals surface area contributed by atoms with Crippen molar-refractivity contribution in [3.05, 3.63) is 47.6 Å². The van der Waals surface area contributed by atoms with Crippen molar-refractivity contribution in [1.82, 2.24) is 4.98 Å². The van der Waals surface area contributed by atoms with Gasteiger partial charge in [0.25, 0.3) is 0 Å². The lowest BCUT2D eigenvalue weighted by Gasteiger charge is -2.12. The summed E-state index contributed by atoms with van der Waals surface area (Å²) in [7, 11) is 0. The lowest BCUT2D eigenvalue weighted by atomic mass is 10.1. The van der Waals surface area contributed by atoms with Gasteiger partial charge in [-0.3, -0.25) is 0 Å². The Hall–Kier alpha value is 0.400. The predicted octanol–water partition coefficient (Wildman–Crippen LogP) is 7.32. The third kappa shape index (κ3) is 2.89. The van der Waals surface area contributed by atoms with Gasteiger partial charge in [0.05, 0.1) is 30.1 Å². The van der Waals surface area contributed by atoms with Gasteiger partial charge in [-0.25, -0.2) is 4.98 Å². The summed E-state index contributed by atoms with van der Waals surface area (Å²) < 4.78 is 0. The number of benzene rings is 1. The number of aromatic nitrogens is 1. The predicted molar refractivity (Wildman–Crippen MR) is 84.7 cm³/mol. The molecule has 2 rings (SSSR count). The monoisotopic (exact) mass is 393 g/mol. The average Bonchev–Trinajstić information content (AvgIpc) is 2.38. The zero-order valence-electron chi connectivity index (χ0n) is 8.75. The molecule has 0 atom stereocenters. The van der Waals surface area contributed by atoms with E-state index in [1.54, 1.807) is 6.07 Å². The van der Waals surface area contributed by atoms with Crippen LogP contribution in [0.4, 0.5) is 0 Å². The molecule has 0 aliphatic carbocycles. The minimum absolute atomic E-state index is 0.0927. The highest BCUT2D eigenvalue weighted by Crippen LogP contribution is 2.48. The SMILES string of the molecule is Clc1cc(-c2c(Cl)c(Cl)c(Cl)c(Cl)c2Cl)cnc1Cl. The highest BCUT2D eigenvalue weighted by Gasteiger charge is 2.21. The third-order valence-electron chi connectivity index (χ3n) is 2.29. The number of nitrogens with zero attached hydrogens (tertiary/aromatic N) is 1. The highest BCUT2D eigenvalue weighted by molar-refractivity contribution is 6.56. The number of halogens is 7. The van der Waals surface area contributed by atoms with Crippen LogP contribution in [0.3, 0.4) is 0 Å². The third-order valence-corrected chi connectivity index (χ3v) is 5.26. The molecule has 100 valence electrons. The highest BCUT2D eigenvalue weighted by atomic mass is 35.5. The van der Waals surface area contributed by atoms with Crippen molar-refractivity contribution in [2.75, 3.05) is 0 Å². The fraction of sp³-hybridized carbons (Fsp3) is 0. The van der Waals surface area contributed by atoms with Crippen LogP contribution in [-0.4, -0.2) is 4.98 Å². The first-order valence-corrected chi connectivity index (χ1v) is 7.32. The molecule has 0 saturated heterocycles. The van der Waals surface area contributed by atoms with E-state index in [2.05, 4.69) is 4.98 Å². The van der Waals surface area contributed by atoms with E-state index in [4.69, 9.17) is 81.2 Å². The Balaban J connectivity index is 2.79. The van der Waals surface area contributed by atoms with Gasteiger partial charge < -0.3 is 0 Å². The molecule has 1 aromatic carbocycles. The van der Waals surface area contributed by atoms with Crippen LogP contribution in [0.5, 0.6) is 0 Å². The Bertz CT molecular complexity index is 640. The standard InChI is InChI=1S/C11H2Cl7N/c12-4-1-3(2-19-11(4)18)5-6(13)8(15)10(17)9(16)7(5)14/h1-2H. The van der Waals surface area contributed by atoms with Crippen LogP contribution in [0, 0.1) is 0 Å². The van der Waals surface area contributed by atoms with E-state index in [-0.39, 0.29) is 35.3 Å². The number of rotatable bonds is 1. The number of hydrogen-bond acceptors (Lipinski definition) is 1. The molecule has 0 radical (unpaired) electrons. The van der Waals surface area contributed by atoms with Gasteiger partial charge in [0.15, 0.2) is 0 Å². The fourth-order valence-electron chi connectivity index (χ4n) is 1.42. The van der Waals surface area contributed by atoms with Crippen molar-refractivity contribution in [2.24, 2.45) is 0 Å². The minimum Gasteiger partial charge on any atom is -0.242 e. The average molecular weight is 396 g/mol. The molecule has 0 N–H and O–H groups in total. The summed E-state index contributed by atoms with van der Waals surface area (Å²) in [5, 5.41) is 1.08. The summed E-state index contributed by atoms with van der Waals surface area (Å²) >= 11 is 41.8. The second-order valence-corrected chi connectivity index (χ2v) is 6.10. The minimum atomic E-state index is 0.0927. The lowest BCUT2D eigenvalue weighted by molar-refractivity contribution is 1.33. The molecule has 1 heterocycles. The zero-order chi connectivity index (χ0) is 14.3. The molecule has 0 bridgehead atoms. The molecule has 0 aliphatic rings. The molecule has 0 aliphatic heterocycles. The van der Waals surface area contributed by atoms with Gasteiger partial charge in [-0.05, 0) is 6.07 Å². The maximum atomic E-state index is 6.14. The fourth-order valence-corrected chi connectivity index (χ4v) is 3.04. The first kappa shape index (κ1) is 15.8. The van der Waals surface area contributed by atoms with E-state index < -0.39 is 0 Å². The van der Waals surface area contributed by atoms with Crippen molar-refractivity contribution >= 4 is 81.2 Å². The summed E-state index contributed by atoms with van der Waals surface area (Å²) in [5.74, 6) is 0. The smallest absolute Gasteiger partial charge is 0.147 e. The Morgan fingerprint density at radius 2 is 1.16 bits per heavy atom. The van der Waals surface area contributed by atoms with Crippen molar-refractivity contribution in [1.29, 1.82) is 0 Å². The zero-order valence-corrected chi connectivity index (χ0v) is 14.0. The summed E-state index contributed by atoms with van der Waals surface area (Å²) in [6.45, 7) is 0. The topological polar surface area (TPSA) is 12.9 Å². The maximum Gasteiger partial charge on any atom is 0.147 e. The Morgan fingerprint density at radius 3 is 1.63 bits per heavy atom. The van der Waals surface area contributed by atoms with E-state index in [1.165, 1.54) is 6.20 Å². The molecule has 2 aromatic rings. The Labute approximate surface area is 144 Å². The van der Waals surface area contributed by atoms with Crippen LogP contribution < -0.4 is 0 Å². The van der Waals surface area contributed by atoms with E-state index in [0.717, 1.165) is 0 Å². The summed E-state index contributed by atoms with van der Waals surface area (Å²) in [4.78, 5) is 3.92. The second kappa shape index (κ2) is 6.03. The van der Waals surface area contributed by atoms with E-state index in [9.17, 15) is 0 Å². The van der Waals surface area contributed by atoms with Crippen LogP contribution in [0.15, 0.2) is 12.3 Å². The molecule has 0 unspecified atom stereocenters. The van der Waals surface area contributed by atoms with Crippen LogP contribution in [-0.2, 0) is 0 Å². The summed E-state index contributed by atoms with van der Waals surface area (Å²) in [6, 6.07) is 1.56. The first-order valence-electron chi connectivity index (χ1n) is 4.67. The normalized spacial score (nSPS) is 10.9. The molecule has 1 aromatic heterocycles. The molecular formula is C11H2Cl7N. The molecular weight excluding hydrogens is 394 g/mol. The maximum absolute atomic E-state index is 6.14. The van der Waals surface area contributed by atoms with Gasteiger partial charge in [0.1, 0.15) is 5.15 Å². The van der Waals surface area contributed by atoms with Crippen molar-refractivity contribution in [3.63, 3.8) is 0 Å². The molecule has 8 heteroatoms. The summed E-state index contributed by atoms with van der Waals surface area (Å²) in [5.41, 5.74) is 0.929. The van der Waals surface area contributed by atoms with Crippen LogP contribution in [0.1, 0.15) is 0 Å². The largest absolute Gasteiger partial charge is 0.242 e. The van der Waals surface area contributed by atoms with Crippen molar-refractivity contribution in [3.8, 4) is 11.1 Å². The number of hydrogen-bond donors (Lipinski definition) is 0. The van der Waals surface area contributed by atoms with Crippen LogP contribution in [0.25, 0.3) is 11.1 Å².